The third-order valence-electron chi connectivity index (χ3n) is 5.04. The van der Waals surface area contributed by atoms with Crippen molar-refractivity contribution in [1.29, 1.82) is 0 Å². The number of aryl methyl sites for hydroxylation is 1. The second-order valence-electron chi connectivity index (χ2n) is 6.61. The third-order valence-corrected chi connectivity index (χ3v) is 5.04. The van der Waals surface area contributed by atoms with Gasteiger partial charge in [0.1, 0.15) is 11.6 Å². The van der Waals surface area contributed by atoms with E-state index >= 15 is 0 Å². The molecule has 1 aromatic heterocycles. The van der Waals surface area contributed by atoms with Gasteiger partial charge >= 0.3 is 0 Å². The first-order valence-corrected chi connectivity index (χ1v) is 8.71. The van der Waals surface area contributed by atoms with Crippen LogP contribution < -0.4 is 10.1 Å². The van der Waals surface area contributed by atoms with E-state index in [4.69, 9.17) is 9.84 Å². The van der Waals surface area contributed by atoms with E-state index in [1.807, 2.05) is 12.1 Å². The van der Waals surface area contributed by atoms with Crippen LogP contribution in [-0.4, -0.2) is 23.4 Å². The fourth-order valence-electron chi connectivity index (χ4n) is 3.50. The first-order chi connectivity index (χ1) is 12.2. The Morgan fingerprint density at radius 2 is 2.00 bits per heavy atom. The van der Waals surface area contributed by atoms with E-state index in [-0.39, 0.29) is 0 Å². The zero-order valence-corrected chi connectivity index (χ0v) is 15.0. The van der Waals surface area contributed by atoms with Crippen LogP contribution in [0.15, 0.2) is 42.5 Å². The zero-order valence-electron chi connectivity index (χ0n) is 15.0. The Balaban J connectivity index is 1.76. The molecule has 0 saturated carbocycles. The highest BCUT2D eigenvalue weighted by Gasteiger charge is 2.23. The molecule has 0 spiro atoms. The van der Waals surface area contributed by atoms with E-state index in [1.54, 1.807) is 7.11 Å². The minimum atomic E-state index is 0.819. The molecule has 128 valence electrons. The Hall–Kier alpha value is -2.75. The second kappa shape index (κ2) is 6.28. The van der Waals surface area contributed by atoms with Crippen LogP contribution in [0, 0.1) is 13.8 Å². The van der Waals surface area contributed by atoms with E-state index in [2.05, 4.69) is 54.2 Å². The molecule has 0 fully saturated rings. The SMILES string of the molecule is COc1cccc(Cc2nn(-c3cccc(C)c3C)c3c2CCN3)c1. The van der Waals surface area contributed by atoms with Crippen LogP contribution >= 0.6 is 0 Å². The highest BCUT2D eigenvalue weighted by Crippen LogP contribution is 2.31. The Labute approximate surface area is 148 Å². The number of aromatic nitrogens is 2. The van der Waals surface area contributed by atoms with Gasteiger partial charge in [-0.05, 0) is 55.2 Å². The van der Waals surface area contributed by atoms with E-state index in [1.165, 1.54) is 22.3 Å². The largest absolute Gasteiger partial charge is 0.497 e. The topological polar surface area (TPSA) is 39.1 Å². The number of ether oxygens (including phenoxy) is 1. The smallest absolute Gasteiger partial charge is 0.133 e. The van der Waals surface area contributed by atoms with Crippen molar-refractivity contribution < 1.29 is 4.74 Å². The number of rotatable bonds is 4. The van der Waals surface area contributed by atoms with Crippen molar-refractivity contribution in [2.45, 2.75) is 26.7 Å². The van der Waals surface area contributed by atoms with Crippen LogP contribution in [0.1, 0.15) is 27.9 Å². The van der Waals surface area contributed by atoms with Crippen LogP contribution in [0.25, 0.3) is 5.69 Å². The van der Waals surface area contributed by atoms with Crippen molar-refractivity contribution in [3.8, 4) is 11.4 Å². The van der Waals surface area contributed by atoms with Crippen LogP contribution in [-0.2, 0) is 12.8 Å². The molecule has 2 aromatic carbocycles. The van der Waals surface area contributed by atoms with Gasteiger partial charge in [0.05, 0.1) is 18.5 Å². The molecule has 25 heavy (non-hydrogen) atoms. The lowest BCUT2D eigenvalue weighted by Gasteiger charge is -2.11. The summed E-state index contributed by atoms with van der Waals surface area (Å²) in [7, 11) is 1.70. The molecule has 4 nitrogen and oxygen atoms in total. The Morgan fingerprint density at radius 1 is 1.16 bits per heavy atom. The molecule has 3 aromatic rings. The van der Waals surface area contributed by atoms with Gasteiger partial charge in [-0.2, -0.15) is 5.10 Å². The van der Waals surface area contributed by atoms with Crippen molar-refractivity contribution in [2.24, 2.45) is 0 Å². The molecule has 0 saturated heterocycles. The quantitative estimate of drug-likeness (QED) is 0.783. The highest BCUT2D eigenvalue weighted by molar-refractivity contribution is 5.59. The summed E-state index contributed by atoms with van der Waals surface area (Å²) < 4.78 is 7.43. The van der Waals surface area contributed by atoms with Gasteiger partial charge in [0.25, 0.3) is 0 Å². The number of benzene rings is 2. The normalized spacial score (nSPS) is 12.8. The molecule has 4 heteroatoms. The Bertz CT molecular complexity index is 927. The predicted octanol–water partition coefficient (Wildman–Crippen LogP) is 4.06. The van der Waals surface area contributed by atoms with Crippen LogP contribution in [0.3, 0.4) is 0 Å². The van der Waals surface area contributed by atoms with Crippen molar-refractivity contribution >= 4 is 5.82 Å². The fraction of sp³-hybridized carbons (Fsp3) is 0.286. The third kappa shape index (κ3) is 2.78. The maximum Gasteiger partial charge on any atom is 0.133 e. The summed E-state index contributed by atoms with van der Waals surface area (Å²) in [6, 6.07) is 14.6. The molecular formula is C21H23N3O. The van der Waals surface area contributed by atoms with Gasteiger partial charge in [-0.3, -0.25) is 0 Å². The second-order valence-corrected chi connectivity index (χ2v) is 6.61. The van der Waals surface area contributed by atoms with Gasteiger partial charge in [0.15, 0.2) is 0 Å². The van der Waals surface area contributed by atoms with Crippen molar-refractivity contribution in [3.63, 3.8) is 0 Å². The predicted molar refractivity (Wildman–Crippen MR) is 101 cm³/mol. The Morgan fingerprint density at radius 3 is 2.84 bits per heavy atom. The van der Waals surface area contributed by atoms with Gasteiger partial charge < -0.3 is 10.1 Å². The fourth-order valence-corrected chi connectivity index (χ4v) is 3.50. The molecule has 1 aliphatic rings. The number of methoxy groups -OCH3 is 1. The lowest BCUT2D eigenvalue weighted by molar-refractivity contribution is 0.414. The van der Waals surface area contributed by atoms with E-state index < -0.39 is 0 Å². The number of nitrogens with zero attached hydrogens (tertiary/aromatic N) is 2. The summed E-state index contributed by atoms with van der Waals surface area (Å²) in [6.07, 6.45) is 1.85. The van der Waals surface area contributed by atoms with Gasteiger partial charge in [0, 0.05) is 18.5 Å². The van der Waals surface area contributed by atoms with Gasteiger partial charge in [0.2, 0.25) is 0 Å². The highest BCUT2D eigenvalue weighted by atomic mass is 16.5. The molecular weight excluding hydrogens is 310 g/mol. The number of nitrogens with one attached hydrogen (secondary N) is 1. The minimum absolute atomic E-state index is 0.819. The molecule has 1 N–H and O–H groups in total. The van der Waals surface area contributed by atoms with E-state index in [0.29, 0.717) is 0 Å². The number of fused-ring (bicyclic) bond motifs is 1. The van der Waals surface area contributed by atoms with Gasteiger partial charge in [-0.25, -0.2) is 4.68 Å². The summed E-state index contributed by atoms with van der Waals surface area (Å²) in [5.41, 5.74) is 7.42. The molecule has 1 aliphatic heterocycles. The molecule has 2 heterocycles. The standard InChI is InChI=1S/C21H23N3O/c1-14-6-4-9-20(15(14)2)24-21-18(10-11-22-21)19(23-24)13-16-7-5-8-17(12-16)25-3/h4-9,12,22H,10-11,13H2,1-3H3. The van der Waals surface area contributed by atoms with Crippen molar-refractivity contribution in [2.75, 3.05) is 19.0 Å². The van der Waals surface area contributed by atoms with Crippen molar-refractivity contribution in [1.82, 2.24) is 9.78 Å². The average Bonchev–Trinajstić information content (AvgIpc) is 3.22. The summed E-state index contributed by atoms with van der Waals surface area (Å²) in [5.74, 6) is 2.04. The number of hydrogen-bond acceptors (Lipinski definition) is 3. The van der Waals surface area contributed by atoms with Crippen LogP contribution in [0.4, 0.5) is 5.82 Å². The molecule has 0 radical (unpaired) electrons. The summed E-state index contributed by atoms with van der Waals surface area (Å²) in [4.78, 5) is 0. The summed E-state index contributed by atoms with van der Waals surface area (Å²) >= 11 is 0. The minimum Gasteiger partial charge on any atom is -0.497 e. The summed E-state index contributed by atoms with van der Waals surface area (Å²) in [5, 5.41) is 8.49. The zero-order chi connectivity index (χ0) is 17.4. The molecule has 0 aliphatic carbocycles. The van der Waals surface area contributed by atoms with Gasteiger partial charge in [-0.1, -0.05) is 24.3 Å². The van der Waals surface area contributed by atoms with E-state index in [9.17, 15) is 0 Å². The molecule has 0 amide bonds. The monoisotopic (exact) mass is 333 g/mol. The maximum absolute atomic E-state index is 5.35. The number of hydrogen-bond donors (Lipinski definition) is 1. The molecule has 4 rings (SSSR count). The lowest BCUT2D eigenvalue weighted by atomic mass is 10.1. The first-order valence-electron chi connectivity index (χ1n) is 8.71. The maximum atomic E-state index is 5.35. The van der Waals surface area contributed by atoms with Crippen molar-refractivity contribution in [3.05, 3.63) is 70.4 Å². The Kier molecular flexibility index (Phi) is 3.96. The average molecular weight is 333 g/mol. The van der Waals surface area contributed by atoms with E-state index in [0.717, 1.165) is 42.3 Å². The summed E-state index contributed by atoms with van der Waals surface area (Å²) in [6.45, 7) is 5.28. The molecule has 0 bridgehead atoms. The first kappa shape index (κ1) is 15.8. The van der Waals surface area contributed by atoms with Gasteiger partial charge in [-0.15, -0.1) is 0 Å². The molecule has 0 unspecified atom stereocenters. The van der Waals surface area contributed by atoms with Crippen LogP contribution in [0.2, 0.25) is 0 Å². The van der Waals surface area contributed by atoms with Crippen LogP contribution in [0.5, 0.6) is 5.75 Å². The molecule has 0 atom stereocenters. The lowest BCUT2D eigenvalue weighted by Crippen LogP contribution is -2.07. The number of anilines is 1.